The number of hydrogen-bond donors (Lipinski definition) is 1. The highest BCUT2D eigenvalue weighted by Crippen LogP contribution is 2.29. The third-order valence-corrected chi connectivity index (χ3v) is 3.42. The van der Waals surface area contributed by atoms with E-state index in [9.17, 15) is 9.59 Å². The number of fused-ring (bicyclic) bond motifs is 1. The van der Waals surface area contributed by atoms with Crippen molar-refractivity contribution in [2.75, 3.05) is 20.1 Å². The quantitative estimate of drug-likeness (QED) is 0.679. The first-order valence-electron chi connectivity index (χ1n) is 5.46. The molecule has 2 rings (SSSR count). The average Bonchev–Trinajstić information content (AvgIpc) is 2.55. The number of rotatable bonds is 4. The van der Waals surface area contributed by atoms with Crippen molar-refractivity contribution in [1.82, 2.24) is 10.2 Å². The SMILES string of the molecule is CNCCCN1C(=O)c2cccc(Br)c2C1=O. The number of amides is 2. The molecule has 0 aromatic heterocycles. The molecular formula is C12H13BrN2O2. The van der Waals surface area contributed by atoms with Gasteiger partial charge in [-0.15, -0.1) is 0 Å². The molecule has 1 N–H and O–H groups in total. The summed E-state index contributed by atoms with van der Waals surface area (Å²) < 4.78 is 0.685. The molecule has 0 aliphatic carbocycles. The summed E-state index contributed by atoms with van der Waals surface area (Å²) in [6, 6.07) is 5.24. The van der Waals surface area contributed by atoms with E-state index in [1.54, 1.807) is 18.2 Å². The molecule has 1 aliphatic heterocycles. The first-order chi connectivity index (χ1) is 8.16. The molecule has 0 spiro atoms. The fourth-order valence-electron chi connectivity index (χ4n) is 1.91. The lowest BCUT2D eigenvalue weighted by molar-refractivity contribution is 0.0652. The zero-order valence-electron chi connectivity index (χ0n) is 9.50. The van der Waals surface area contributed by atoms with Gasteiger partial charge < -0.3 is 5.32 Å². The van der Waals surface area contributed by atoms with Crippen molar-refractivity contribution in [1.29, 1.82) is 0 Å². The summed E-state index contributed by atoms with van der Waals surface area (Å²) in [4.78, 5) is 25.4. The second-order valence-electron chi connectivity index (χ2n) is 3.88. The second-order valence-corrected chi connectivity index (χ2v) is 4.74. The number of imide groups is 1. The maximum Gasteiger partial charge on any atom is 0.262 e. The monoisotopic (exact) mass is 296 g/mol. The number of benzene rings is 1. The van der Waals surface area contributed by atoms with Crippen LogP contribution in [0.1, 0.15) is 27.1 Å². The average molecular weight is 297 g/mol. The molecule has 90 valence electrons. The maximum atomic E-state index is 12.1. The number of hydrogen-bond acceptors (Lipinski definition) is 3. The number of halogens is 1. The van der Waals surface area contributed by atoms with Gasteiger partial charge in [0, 0.05) is 11.0 Å². The van der Waals surface area contributed by atoms with E-state index in [4.69, 9.17) is 0 Å². The minimum absolute atomic E-state index is 0.192. The Balaban J connectivity index is 2.24. The van der Waals surface area contributed by atoms with Gasteiger partial charge in [0.05, 0.1) is 11.1 Å². The summed E-state index contributed by atoms with van der Waals surface area (Å²) in [5.74, 6) is -0.393. The second kappa shape index (κ2) is 4.98. The fraction of sp³-hybridized carbons (Fsp3) is 0.333. The van der Waals surface area contributed by atoms with Crippen LogP contribution >= 0.6 is 15.9 Å². The van der Waals surface area contributed by atoms with Crippen molar-refractivity contribution in [3.05, 3.63) is 33.8 Å². The Morgan fingerprint density at radius 2 is 2.06 bits per heavy atom. The van der Waals surface area contributed by atoms with Crippen LogP contribution in [0, 0.1) is 0 Å². The topological polar surface area (TPSA) is 49.4 Å². The van der Waals surface area contributed by atoms with Crippen LogP contribution in [0.25, 0.3) is 0 Å². The van der Waals surface area contributed by atoms with E-state index in [0.29, 0.717) is 22.1 Å². The van der Waals surface area contributed by atoms with E-state index in [2.05, 4.69) is 21.2 Å². The lowest BCUT2D eigenvalue weighted by Crippen LogP contribution is -2.32. The Morgan fingerprint density at radius 3 is 2.71 bits per heavy atom. The number of carbonyl (C=O) groups is 2. The largest absolute Gasteiger partial charge is 0.320 e. The van der Waals surface area contributed by atoms with Crippen LogP contribution in [0.3, 0.4) is 0 Å². The van der Waals surface area contributed by atoms with Crippen molar-refractivity contribution < 1.29 is 9.59 Å². The predicted octanol–water partition coefficient (Wildman–Crippen LogP) is 1.65. The number of nitrogens with zero attached hydrogens (tertiary/aromatic N) is 1. The molecular weight excluding hydrogens is 284 g/mol. The van der Waals surface area contributed by atoms with Gasteiger partial charge >= 0.3 is 0 Å². The van der Waals surface area contributed by atoms with Crippen molar-refractivity contribution >= 4 is 27.7 Å². The molecule has 0 unspecified atom stereocenters. The molecule has 0 saturated carbocycles. The third-order valence-electron chi connectivity index (χ3n) is 2.76. The molecule has 4 nitrogen and oxygen atoms in total. The minimum atomic E-state index is -0.200. The predicted molar refractivity (Wildman–Crippen MR) is 68.1 cm³/mol. The van der Waals surface area contributed by atoms with Crippen LogP contribution in [0.5, 0.6) is 0 Å². The molecule has 1 aromatic carbocycles. The molecule has 5 heteroatoms. The van der Waals surface area contributed by atoms with Crippen LogP contribution in [-0.4, -0.2) is 36.9 Å². The lowest BCUT2D eigenvalue weighted by atomic mass is 10.1. The van der Waals surface area contributed by atoms with Crippen molar-refractivity contribution in [2.45, 2.75) is 6.42 Å². The maximum absolute atomic E-state index is 12.1. The summed E-state index contributed by atoms with van der Waals surface area (Å²) in [6.07, 6.45) is 0.763. The Labute approximate surface area is 108 Å². The molecule has 1 aliphatic rings. The van der Waals surface area contributed by atoms with Gasteiger partial charge in [0.15, 0.2) is 0 Å². The molecule has 1 heterocycles. The normalized spacial score (nSPS) is 14.4. The lowest BCUT2D eigenvalue weighted by Gasteiger charge is -2.13. The minimum Gasteiger partial charge on any atom is -0.320 e. The van der Waals surface area contributed by atoms with Crippen LogP contribution in [0.15, 0.2) is 22.7 Å². The van der Waals surface area contributed by atoms with E-state index >= 15 is 0 Å². The Kier molecular flexibility index (Phi) is 3.59. The van der Waals surface area contributed by atoms with Crippen LogP contribution in [0.2, 0.25) is 0 Å². The van der Waals surface area contributed by atoms with Crippen LogP contribution < -0.4 is 5.32 Å². The van der Waals surface area contributed by atoms with E-state index in [0.717, 1.165) is 13.0 Å². The highest BCUT2D eigenvalue weighted by atomic mass is 79.9. The van der Waals surface area contributed by atoms with Gasteiger partial charge in [-0.2, -0.15) is 0 Å². The highest BCUT2D eigenvalue weighted by Gasteiger charge is 2.36. The van der Waals surface area contributed by atoms with Gasteiger partial charge in [-0.25, -0.2) is 0 Å². The van der Waals surface area contributed by atoms with E-state index in [1.165, 1.54) is 4.90 Å². The van der Waals surface area contributed by atoms with E-state index in [-0.39, 0.29) is 11.8 Å². The summed E-state index contributed by atoms with van der Waals surface area (Å²) >= 11 is 3.31. The molecule has 0 saturated heterocycles. The van der Waals surface area contributed by atoms with Gasteiger partial charge in [-0.05, 0) is 48.1 Å². The standard InChI is InChI=1S/C12H13BrN2O2/c1-14-6-3-7-15-11(16)8-4-2-5-9(13)10(8)12(15)17/h2,4-5,14H,3,6-7H2,1H3. The molecule has 2 amide bonds. The first-order valence-corrected chi connectivity index (χ1v) is 6.25. The zero-order chi connectivity index (χ0) is 12.4. The smallest absolute Gasteiger partial charge is 0.262 e. The molecule has 0 radical (unpaired) electrons. The van der Waals surface area contributed by atoms with Gasteiger partial charge in [0.2, 0.25) is 0 Å². The first kappa shape index (κ1) is 12.3. The fourth-order valence-corrected chi connectivity index (χ4v) is 2.45. The highest BCUT2D eigenvalue weighted by molar-refractivity contribution is 9.10. The molecule has 0 fully saturated rings. The van der Waals surface area contributed by atoms with Crippen LogP contribution in [-0.2, 0) is 0 Å². The molecule has 0 bridgehead atoms. The number of carbonyl (C=O) groups excluding carboxylic acids is 2. The zero-order valence-corrected chi connectivity index (χ0v) is 11.1. The van der Waals surface area contributed by atoms with Gasteiger partial charge in [-0.3, -0.25) is 14.5 Å². The Hall–Kier alpha value is -1.20. The molecule has 17 heavy (non-hydrogen) atoms. The summed E-state index contributed by atoms with van der Waals surface area (Å²) in [7, 11) is 1.85. The Morgan fingerprint density at radius 1 is 1.29 bits per heavy atom. The van der Waals surface area contributed by atoms with Gasteiger partial charge in [0.25, 0.3) is 11.8 Å². The summed E-state index contributed by atoms with van der Waals surface area (Å²) in [5.41, 5.74) is 0.982. The van der Waals surface area contributed by atoms with Gasteiger partial charge in [-0.1, -0.05) is 6.07 Å². The third kappa shape index (κ3) is 2.12. The molecule has 1 aromatic rings. The Bertz CT molecular complexity index is 474. The number of nitrogens with one attached hydrogen (secondary N) is 1. The van der Waals surface area contributed by atoms with E-state index < -0.39 is 0 Å². The molecule has 0 atom stereocenters. The summed E-state index contributed by atoms with van der Waals surface area (Å²) in [5, 5.41) is 3.00. The van der Waals surface area contributed by atoms with Crippen molar-refractivity contribution in [3.63, 3.8) is 0 Å². The summed E-state index contributed by atoms with van der Waals surface area (Å²) in [6.45, 7) is 1.24. The van der Waals surface area contributed by atoms with Gasteiger partial charge in [0.1, 0.15) is 0 Å². The van der Waals surface area contributed by atoms with Crippen molar-refractivity contribution in [3.8, 4) is 0 Å². The van der Waals surface area contributed by atoms with Crippen LogP contribution in [0.4, 0.5) is 0 Å². The van der Waals surface area contributed by atoms with Crippen molar-refractivity contribution in [2.24, 2.45) is 0 Å². The van der Waals surface area contributed by atoms with E-state index in [1.807, 2.05) is 7.05 Å².